The van der Waals surface area contributed by atoms with E-state index in [1.807, 2.05) is 0 Å². The largest absolute Gasteiger partial charge is 0.477 e. The molecule has 0 heterocycles. The molecule has 0 bridgehead atoms. The zero-order valence-corrected chi connectivity index (χ0v) is 28.9. The lowest BCUT2D eigenvalue weighted by Crippen LogP contribution is -2.25. The van der Waals surface area contributed by atoms with Crippen LogP contribution in [0.1, 0.15) is 160 Å². The van der Waals surface area contributed by atoms with Crippen LogP contribution in [0.3, 0.4) is 0 Å². The minimum absolute atomic E-state index is 0.000973. The molecule has 2 heteroatoms. The van der Waals surface area contributed by atoms with E-state index in [4.69, 9.17) is 4.52 Å². The second-order valence-electron chi connectivity index (χ2n) is 16.4. The summed E-state index contributed by atoms with van der Waals surface area (Å²) < 4.78 is 6.72. The van der Waals surface area contributed by atoms with Crippen molar-refractivity contribution in [3.05, 3.63) is 63.2 Å². The molecule has 2 atom stereocenters. The molecular weight excluding hydrogens is 491 g/mol. The van der Waals surface area contributed by atoms with Gasteiger partial charge in [0.05, 0.1) is 8.81 Å². The van der Waals surface area contributed by atoms with Crippen molar-refractivity contribution >= 4 is 8.81 Å². The summed E-state index contributed by atoms with van der Waals surface area (Å²) in [6.45, 7) is 33.0. The molecule has 0 radical (unpaired) electrons. The molecule has 1 nitrogen and oxygen atoms in total. The van der Waals surface area contributed by atoms with E-state index in [-0.39, 0.29) is 21.7 Å². The average Bonchev–Trinajstić information content (AvgIpc) is 2.79. The molecule has 2 aromatic rings. The number of rotatable bonds is 5. The molecule has 3 rings (SSSR count). The van der Waals surface area contributed by atoms with Gasteiger partial charge in [-0.3, -0.25) is 0 Å². The van der Waals surface area contributed by atoms with Crippen LogP contribution in [0, 0.1) is 12.8 Å². The van der Waals surface area contributed by atoms with Crippen LogP contribution in [0.5, 0.6) is 5.75 Å². The number of benzene rings is 2. The molecule has 2 unspecified atom stereocenters. The SMILES string of the molecule is CPOc1c(C(c2cc(C(C)(C)C)cc(C(C)(C)C)c2C)C2CCCCC2)cc(C(C)(C)C)cc1C(C)(C)C. The molecule has 0 aliphatic heterocycles. The van der Waals surface area contributed by atoms with Crippen LogP contribution in [-0.4, -0.2) is 6.66 Å². The summed E-state index contributed by atoms with van der Waals surface area (Å²) in [6.07, 6.45) is 6.64. The lowest BCUT2D eigenvalue weighted by atomic mass is 9.67. The van der Waals surface area contributed by atoms with Crippen LogP contribution in [0.2, 0.25) is 0 Å². The maximum atomic E-state index is 6.72. The third kappa shape index (κ3) is 7.31. The molecule has 0 amide bonds. The Kier molecular flexibility index (Phi) is 9.50. The standard InChI is InChI=1S/C37H59OP/c1-24-28(20-26(34(2,3)4)22-30(24)36(8,9)10)32(25-18-16-15-17-19-25)29-21-27(35(5,6)7)23-31(37(11,12)13)33(29)38-39-14/h20-23,25,32,39H,15-19H2,1-14H3. The highest BCUT2D eigenvalue weighted by Gasteiger charge is 2.36. The van der Waals surface area contributed by atoms with Gasteiger partial charge < -0.3 is 4.52 Å². The Morgan fingerprint density at radius 2 is 1.10 bits per heavy atom. The summed E-state index contributed by atoms with van der Waals surface area (Å²) in [5.74, 6) is 2.12. The quantitative estimate of drug-likeness (QED) is 0.336. The number of hydrogen-bond acceptors (Lipinski definition) is 1. The summed E-state index contributed by atoms with van der Waals surface area (Å²) in [6, 6.07) is 10.1. The Morgan fingerprint density at radius 1 is 0.641 bits per heavy atom. The van der Waals surface area contributed by atoms with E-state index in [9.17, 15) is 0 Å². The molecule has 1 fully saturated rings. The van der Waals surface area contributed by atoms with Crippen LogP contribution in [0.25, 0.3) is 0 Å². The molecule has 0 saturated heterocycles. The van der Waals surface area contributed by atoms with Crippen LogP contribution in [-0.2, 0) is 21.7 Å². The van der Waals surface area contributed by atoms with Crippen LogP contribution < -0.4 is 4.52 Å². The van der Waals surface area contributed by atoms with Crippen molar-refractivity contribution in [1.29, 1.82) is 0 Å². The molecule has 39 heavy (non-hydrogen) atoms. The Balaban J connectivity index is 2.51. The van der Waals surface area contributed by atoms with Crippen LogP contribution in [0.15, 0.2) is 24.3 Å². The van der Waals surface area contributed by atoms with Gasteiger partial charge in [0.1, 0.15) is 5.75 Å². The van der Waals surface area contributed by atoms with Gasteiger partial charge in [0.2, 0.25) is 0 Å². The summed E-state index contributed by atoms with van der Waals surface area (Å²) >= 11 is 0. The minimum atomic E-state index is 0.000973. The molecule has 1 aliphatic rings. The lowest BCUT2D eigenvalue weighted by molar-refractivity contribution is 0.323. The highest BCUT2D eigenvalue weighted by atomic mass is 31.1. The van der Waals surface area contributed by atoms with Gasteiger partial charge in [0.25, 0.3) is 0 Å². The fourth-order valence-electron chi connectivity index (χ4n) is 6.50. The van der Waals surface area contributed by atoms with E-state index in [1.165, 1.54) is 71.0 Å². The van der Waals surface area contributed by atoms with E-state index in [0.29, 0.717) is 20.6 Å². The van der Waals surface area contributed by atoms with Gasteiger partial charge in [-0.1, -0.05) is 127 Å². The van der Waals surface area contributed by atoms with Gasteiger partial charge in [-0.25, -0.2) is 0 Å². The van der Waals surface area contributed by atoms with Gasteiger partial charge in [0, 0.05) is 17.0 Å². The second-order valence-corrected chi connectivity index (χ2v) is 17.0. The van der Waals surface area contributed by atoms with Crippen molar-refractivity contribution in [3.63, 3.8) is 0 Å². The van der Waals surface area contributed by atoms with Crippen molar-refractivity contribution in [2.24, 2.45) is 5.92 Å². The molecule has 218 valence electrons. The van der Waals surface area contributed by atoms with E-state index in [1.54, 1.807) is 0 Å². The summed E-state index contributed by atoms with van der Waals surface area (Å²) in [4.78, 5) is 0. The zero-order chi connectivity index (χ0) is 29.6. The maximum absolute atomic E-state index is 6.72. The monoisotopic (exact) mass is 550 g/mol. The second kappa shape index (κ2) is 11.5. The molecule has 1 aliphatic carbocycles. The van der Waals surface area contributed by atoms with E-state index in [2.05, 4.69) is 121 Å². The molecule has 0 N–H and O–H groups in total. The average molecular weight is 551 g/mol. The maximum Gasteiger partial charge on any atom is 0.130 e. The predicted octanol–water partition coefficient (Wildman–Crippen LogP) is 11.5. The molecule has 1 saturated carbocycles. The fraction of sp³-hybridized carbons (Fsp3) is 0.676. The van der Waals surface area contributed by atoms with Crippen molar-refractivity contribution in [2.45, 2.75) is 150 Å². The molecule has 2 aromatic carbocycles. The Hall–Kier alpha value is -1.33. The summed E-state index contributed by atoms with van der Waals surface area (Å²) in [7, 11) is 0.424. The highest BCUT2D eigenvalue weighted by Crippen LogP contribution is 2.51. The fourth-order valence-corrected chi connectivity index (χ4v) is 6.93. The van der Waals surface area contributed by atoms with Crippen LogP contribution >= 0.6 is 8.81 Å². The normalized spacial score (nSPS) is 17.2. The topological polar surface area (TPSA) is 9.23 Å². The third-order valence-corrected chi connectivity index (χ3v) is 9.32. The number of hydrogen-bond donors (Lipinski definition) is 0. The van der Waals surface area contributed by atoms with Gasteiger partial charge >= 0.3 is 0 Å². The van der Waals surface area contributed by atoms with Gasteiger partial charge in [-0.2, -0.15) is 0 Å². The van der Waals surface area contributed by atoms with Crippen molar-refractivity contribution in [1.82, 2.24) is 0 Å². The summed E-state index contributed by atoms with van der Waals surface area (Å²) in [5, 5.41) is 0. The van der Waals surface area contributed by atoms with Crippen molar-refractivity contribution in [3.8, 4) is 5.75 Å². The Morgan fingerprint density at radius 3 is 1.54 bits per heavy atom. The van der Waals surface area contributed by atoms with Gasteiger partial charge in [0.15, 0.2) is 0 Å². The molecule has 0 spiro atoms. The first-order valence-corrected chi connectivity index (χ1v) is 16.9. The first kappa shape index (κ1) is 32.2. The minimum Gasteiger partial charge on any atom is -0.477 e. The Bertz CT molecular complexity index is 1140. The van der Waals surface area contributed by atoms with Crippen molar-refractivity contribution in [2.75, 3.05) is 6.66 Å². The third-order valence-electron chi connectivity index (χ3n) is 8.91. The lowest BCUT2D eigenvalue weighted by Gasteiger charge is -2.38. The predicted molar refractivity (Wildman–Crippen MR) is 176 cm³/mol. The van der Waals surface area contributed by atoms with Crippen molar-refractivity contribution < 1.29 is 4.52 Å². The van der Waals surface area contributed by atoms with E-state index < -0.39 is 0 Å². The Labute approximate surface area is 244 Å². The molecule has 0 aromatic heterocycles. The first-order valence-electron chi connectivity index (χ1n) is 15.4. The first-order chi connectivity index (χ1) is 17.8. The van der Waals surface area contributed by atoms with Gasteiger partial charge in [-0.05, 0) is 81.8 Å². The summed E-state index contributed by atoms with van der Waals surface area (Å²) in [5.41, 5.74) is 10.4. The van der Waals surface area contributed by atoms with Crippen LogP contribution in [0.4, 0.5) is 0 Å². The highest BCUT2D eigenvalue weighted by molar-refractivity contribution is 7.31. The smallest absolute Gasteiger partial charge is 0.130 e. The van der Waals surface area contributed by atoms with Gasteiger partial charge in [-0.15, -0.1) is 0 Å². The zero-order valence-electron chi connectivity index (χ0n) is 27.9. The molecular formula is C37H59OP. The van der Waals surface area contributed by atoms with E-state index in [0.717, 1.165) is 5.75 Å². The van der Waals surface area contributed by atoms with E-state index >= 15 is 0 Å².